The molecule has 1 aliphatic heterocycles. The number of pyridine rings is 1. The average molecular weight is 371 g/mol. The first kappa shape index (κ1) is 17.1. The Bertz CT molecular complexity index is 754. The largest absolute Gasteiger partial charge is 0.390 e. The smallest absolute Gasteiger partial charge is 0.252 e. The topological polar surface area (TPSA) is 101 Å². The van der Waals surface area contributed by atoms with Crippen molar-refractivity contribution in [3.63, 3.8) is 0 Å². The molecule has 4 saturated carbocycles. The van der Waals surface area contributed by atoms with Gasteiger partial charge in [-0.15, -0.1) is 0 Å². The maximum atomic E-state index is 13.2. The summed E-state index contributed by atoms with van der Waals surface area (Å²) in [6.07, 6.45) is 7.85. The summed E-state index contributed by atoms with van der Waals surface area (Å²) in [5.74, 6) is 0.515. The quantitative estimate of drug-likeness (QED) is 0.731. The number of carbonyl (C=O) groups is 2. The molecule has 0 aromatic carbocycles. The summed E-state index contributed by atoms with van der Waals surface area (Å²) >= 11 is 0. The van der Waals surface area contributed by atoms with Gasteiger partial charge >= 0.3 is 0 Å². The standard InChI is InChI=1S/C20H25N3O4/c24-15-10-27-17(16(22-15)14-2-1-3-21-9-14)18(25)23-19-5-12-4-13(6-19)8-20(26,7-12)11-19/h1-3,9,12-13,16-17,26H,4-8,10-11H2,(H,22,24)(H,23,25)/t12?,13?,16-,17+,19?,20?/m1/s1. The Morgan fingerprint density at radius 2 is 2.07 bits per heavy atom. The molecule has 1 aromatic rings. The molecule has 2 unspecified atom stereocenters. The van der Waals surface area contributed by atoms with Crippen LogP contribution >= 0.6 is 0 Å². The van der Waals surface area contributed by atoms with Gasteiger partial charge in [-0.2, -0.15) is 0 Å². The fraction of sp³-hybridized carbons (Fsp3) is 0.650. The van der Waals surface area contributed by atoms with E-state index in [0.29, 0.717) is 18.3 Å². The molecule has 3 N–H and O–H groups in total. The maximum Gasteiger partial charge on any atom is 0.252 e. The van der Waals surface area contributed by atoms with E-state index < -0.39 is 17.7 Å². The predicted molar refractivity (Wildman–Crippen MR) is 95.4 cm³/mol. The Kier molecular flexibility index (Phi) is 3.81. The first-order valence-corrected chi connectivity index (χ1v) is 9.79. The fourth-order valence-electron chi connectivity index (χ4n) is 6.29. The minimum Gasteiger partial charge on any atom is -0.390 e. The van der Waals surface area contributed by atoms with Gasteiger partial charge in [-0.25, -0.2) is 0 Å². The molecule has 27 heavy (non-hydrogen) atoms. The van der Waals surface area contributed by atoms with Crippen molar-refractivity contribution in [3.05, 3.63) is 30.1 Å². The van der Waals surface area contributed by atoms with Crippen LogP contribution in [0.5, 0.6) is 0 Å². The summed E-state index contributed by atoms with van der Waals surface area (Å²) in [7, 11) is 0. The Morgan fingerprint density at radius 3 is 2.74 bits per heavy atom. The van der Waals surface area contributed by atoms with Crippen LogP contribution in [0.15, 0.2) is 24.5 Å². The Hall–Kier alpha value is -1.99. The molecule has 4 aliphatic carbocycles. The van der Waals surface area contributed by atoms with Crippen molar-refractivity contribution in [1.29, 1.82) is 0 Å². The second-order valence-electron chi connectivity index (χ2n) is 9.02. The van der Waals surface area contributed by atoms with Gasteiger partial charge in [-0.05, 0) is 62.0 Å². The number of aromatic nitrogens is 1. The predicted octanol–water partition coefficient (Wildman–Crippen LogP) is 0.838. The van der Waals surface area contributed by atoms with Gasteiger partial charge in [0.15, 0.2) is 6.10 Å². The summed E-state index contributed by atoms with van der Waals surface area (Å²) in [6.45, 7) is -0.128. The van der Waals surface area contributed by atoms with E-state index in [4.69, 9.17) is 4.74 Å². The van der Waals surface area contributed by atoms with E-state index in [9.17, 15) is 14.7 Å². The lowest BCUT2D eigenvalue weighted by Gasteiger charge is -2.60. The van der Waals surface area contributed by atoms with E-state index in [2.05, 4.69) is 15.6 Å². The van der Waals surface area contributed by atoms with Crippen molar-refractivity contribution >= 4 is 11.8 Å². The van der Waals surface area contributed by atoms with E-state index in [-0.39, 0.29) is 24.0 Å². The number of amides is 2. The van der Waals surface area contributed by atoms with Crippen LogP contribution in [-0.2, 0) is 14.3 Å². The molecule has 4 bridgehead atoms. The first-order valence-electron chi connectivity index (χ1n) is 9.79. The minimum atomic E-state index is -0.797. The molecule has 144 valence electrons. The van der Waals surface area contributed by atoms with Gasteiger partial charge in [-0.1, -0.05) is 6.07 Å². The molecule has 1 saturated heterocycles. The van der Waals surface area contributed by atoms with Crippen molar-refractivity contribution in [3.8, 4) is 0 Å². The number of nitrogens with zero attached hydrogens (tertiary/aromatic N) is 1. The fourth-order valence-corrected chi connectivity index (χ4v) is 6.29. The Balaban J connectivity index is 1.37. The molecule has 2 amide bonds. The summed E-state index contributed by atoms with van der Waals surface area (Å²) in [5, 5.41) is 17.0. The van der Waals surface area contributed by atoms with E-state index >= 15 is 0 Å². The van der Waals surface area contributed by atoms with E-state index in [1.807, 2.05) is 6.07 Å². The van der Waals surface area contributed by atoms with Crippen LogP contribution in [0.25, 0.3) is 0 Å². The SMILES string of the molecule is O=C1CO[C@H](C(=O)NC23CC4CC(CC(O)(C4)C2)C3)[C@@H](c2cccnc2)N1. The summed E-state index contributed by atoms with van der Waals surface area (Å²) in [5.41, 5.74) is -0.239. The van der Waals surface area contributed by atoms with Gasteiger partial charge in [0.25, 0.3) is 5.91 Å². The molecule has 7 heteroatoms. The molecule has 5 aliphatic rings. The Labute approximate surface area is 157 Å². The van der Waals surface area contributed by atoms with Crippen LogP contribution in [0.2, 0.25) is 0 Å². The van der Waals surface area contributed by atoms with Crippen molar-refractivity contribution in [1.82, 2.24) is 15.6 Å². The number of carbonyl (C=O) groups excluding carboxylic acids is 2. The van der Waals surface area contributed by atoms with Crippen LogP contribution < -0.4 is 10.6 Å². The normalized spacial score (nSPS) is 42.6. The van der Waals surface area contributed by atoms with Gasteiger partial charge in [0, 0.05) is 17.9 Å². The third-order valence-corrected chi connectivity index (χ3v) is 6.73. The summed E-state index contributed by atoms with van der Waals surface area (Å²) in [6, 6.07) is 3.05. The number of rotatable bonds is 3. The van der Waals surface area contributed by atoms with Crippen molar-refractivity contribution in [2.24, 2.45) is 11.8 Å². The van der Waals surface area contributed by atoms with Crippen molar-refractivity contribution in [2.75, 3.05) is 6.61 Å². The third kappa shape index (κ3) is 3.02. The highest BCUT2D eigenvalue weighted by atomic mass is 16.5. The lowest BCUT2D eigenvalue weighted by Crippen LogP contribution is -2.67. The summed E-state index contributed by atoms with van der Waals surface area (Å²) < 4.78 is 5.64. The molecule has 4 atom stereocenters. The average Bonchev–Trinajstić information content (AvgIpc) is 2.59. The highest BCUT2D eigenvalue weighted by Gasteiger charge is 2.58. The summed E-state index contributed by atoms with van der Waals surface area (Å²) in [4.78, 5) is 29.1. The molecule has 2 heterocycles. The molecule has 0 radical (unpaired) electrons. The molecule has 0 spiro atoms. The molecule has 7 nitrogen and oxygen atoms in total. The van der Waals surface area contributed by atoms with Crippen molar-refractivity contribution in [2.45, 2.75) is 61.8 Å². The number of ether oxygens (including phenoxy) is 1. The number of morpholine rings is 1. The molecule has 1 aromatic heterocycles. The third-order valence-electron chi connectivity index (χ3n) is 6.73. The number of hydrogen-bond donors (Lipinski definition) is 3. The van der Waals surface area contributed by atoms with Crippen LogP contribution in [-0.4, -0.2) is 45.8 Å². The molecular formula is C20H25N3O4. The second-order valence-corrected chi connectivity index (χ2v) is 9.02. The van der Waals surface area contributed by atoms with Crippen LogP contribution in [0.4, 0.5) is 0 Å². The van der Waals surface area contributed by atoms with Gasteiger partial charge < -0.3 is 20.5 Å². The van der Waals surface area contributed by atoms with Gasteiger partial charge in [0.2, 0.25) is 5.91 Å². The van der Waals surface area contributed by atoms with Gasteiger partial charge in [0.1, 0.15) is 6.61 Å². The van der Waals surface area contributed by atoms with E-state index in [1.165, 1.54) is 0 Å². The van der Waals surface area contributed by atoms with Crippen molar-refractivity contribution < 1.29 is 19.4 Å². The van der Waals surface area contributed by atoms with E-state index in [1.54, 1.807) is 18.5 Å². The lowest BCUT2D eigenvalue weighted by atomic mass is 9.51. The minimum absolute atomic E-state index is 0.128. The number of aliphatic hydroxyl groups is 1. The molecular weight excluding hydrogens is 346 g/mol. The van der Waals surface area contributed by atoms with E-state index in [0.717, 1.165) is 37.7 Å². The molecule has 6 rings (SSSR count). The van der Waals surface area contributed by atoms with Crippen LogP contribution in [0.1, 0.15) is 50.1 Å². The van der Waals surface area contributed by atoms with Crippen LogP contribution in [0.3, 0.4) is 0 Å². The maximum absolute atomic E-state index is 13.2. The van der Waals surface area contributed by atoms with Crippen LogP contribution in [0, 0.1) is 11.8 Å². The Morgan fingerprint density at radius 1 is 1.30 bits per heavy atom. The second kappa shape index (κ2) is 6.01. The van der Waals surface area contributed by atoms with Gasteiger partial charge in [0.05, 0.1) is 11.6 Å². The highest BCUT2D eigenvalue weighted by Crippen LogP contribution is 2.57. The lowest BCUT2D eigenvalue weighted by molar-refractivity contribution is -0.161. The first-order chi connectivity index (χ1) is 12.9. The number of hydrogen-bond acceptors (Lipinski definition) is 5. The monoisotopic (exact) mass is 371 g/mol. The zero-order valence-electron chi connectivity index (χ0n) is 15.2. The zero-order valence-corrected chi connectivity index (χ0v) is 15.2. The van der Waals surface area contributed by atoms with Gasteiger partial charge in [-0.3, -0.25) is 14.6 Å². The highest BCUT2D eigenvalue weighted by molar-refractivity contribution is 5.86. The number of nitrogens with one attached hydrogen (secondary N) is 2. The molecule has 5 fully saturated rings. The zero-order chi connectivity index (χ0) is 18.6.